The van der Waals surface area contributed by atoms with Gasteiger partial charge in [0.25, 0.3) is 0 Å². The molecule has 0 spiro atoms. The SMILES string of the molecule is NC(=O)N(c1ccc(Oc2ccc(Br)nc2)cn1)[C@@H]1[C@H]2COc3c(F)ccc(F)c3[C@@H]21. The van der Waals surface area contributed by atoms with E-state index in [1.165, 1.54) is 11.1 Å². The number of pyridine rings is 2. The van der Waals surface area contributed by atoms with Gasteiger partial charge in [0, 0.05) is 17.4 Å². The highest BCUT2D eigenvalue weighted by atomic mass is 79.9. The van der Waals surface area contributed by atoms with Crippen molar-refractivity contribution in [1.29, 1.82) is 0 Å². The Morgan fingerprint density at radius 3 is 2.45 bits per heavy atom. The third kappa shape index (κ3) is 3.46. The van der Waals surface area contributed by atoms with Crippen molar-refractivity contribution in [1.82, 2.24) is 9.97 Å². The van der Waals surface area contributed by atoms with Crippen LogP contribution >= 0.6 is 15.9 Å². The van der Waals surface area contributed by atoms with Gasteiger partial charge >= 0.3 is 6.03 Å². The number of nitrogens with zero attached hydrogens (tertiary/aromatic N) is 3. The fraction of sp³-hybridized carbons (Fsp3) is 0.190. The zero-order chi connectivity index (χ0) is 21.7. The summed E-state index contributed by atoms with van der Waals surface area (Å²) in [6.07, 6.45) is 3.00. The average molecular weight is 489 g/mol. The minimum atomic E-state index is -0.740. The Morgan fingerprint density at radius 1 is 1.10 bits per heavy atom. The molecular formula is C21H15BrF2N4O3. The fourth-order valence-corrected chi connectivity index (χ4v) is 4.26. The second-order valence-electron chi connectivity index (χ2n) is 7.24. The number of primary amides is 1. The maximum Gasteiger partial charge on any atom is 0.320 e. The molecule has 2 N–H and O–H groups in total. The van der Waals surface area contributed by atoms with E-state index in [9.17, 15) is 13.6 Å². The highest BCUT2D eigenvalue weighted by molar-refractivity contribution is 9.10. The smallest absolute Gasteiger partial charge is 0.320 e. The summed E-state index contributed by atoms with van der Waals surface area (Å²) in [6, 6.07) is 7.56. The van der Waals surface area contributed by atoms with Crippen molar-refractivity contribution in [2.45, 2.75) is 12.0 Å². The second kappa shape index (κ2) is 7.45. The van der Waals surface area contributed by atoms with Gasteiger partial charge in [0.2, 0.25) is 0 Å². The Kier molecular flexibility index (Phi) is 4.73. The third-order valence-corrected chi connectivity index (χ3v) is 5.88. The summed E-state index contributed by atoms with van der Waals surface area (Å²) in [7, 11) is 0. The molecule has 1 aliphatic heterocycles. The Morgan fingerprint density at radius 2 is 1.81 bits per heavy atom. The van der Waals surface area contributed by atoms with Crippen molar-refractivity contribution in [2.75, 3.05) is 11.5 Å². The lowest BCUT2D eigenvalue weighted by molar-refractivity contribution is 0.250. The van der Waals surface area contributed by atoms with Gasteiger partial charge in [-0.05, 0) is 52.3 Å². The lowest BCUT2D eigenvalue weighted by atomic mass is 10.0. The monoisotopic (exact) mass is 488 g/mol. The molecule has 7 nitrogen and oxygen atoms in total. The van der Waals surface area contributed by atoms with Crippen LogP contribution in [0.15, 0.2) is 53.4 Å². The van der Waals surface area contributed by atoms with Gasteiger partial charge in [-0.15, -0.1) is 0 Å². The first-order valence-electron chi connectivity index (χ1n) is 9.39. The van der Waals surface area contributed by atoms with Gasteiger partial charge < -0.3 is 15.2 Å². The highest BCUT2D eigenvalue weighted by Crippen LogP contribution is 2.58. The maximum atomic E-state index is 14.4. The first-order valence-corrected chi connectivity index (χ1v) is 10.2. The van der Waals surface area contributed by atoms with Crippen molar-refractivity contribution in [3.63, 3.8) is 0 Å². The molecule has 2 aliphatic rings. The number of anilines is 1. The van der Waals surface area contributed by atoms with Crippen LogP contribution in [0.25, 0.3) is 0 Å². The number of hydrogen-bond acceptors (Lipinski definition) is 5. The van der Waals surface area contributed by atoms with E-state index >= 15 is 0 Å². The number of rotatable bonds is 4. The molecule has 3 heterocycles. The quantitative estimate of drug-likeness (QED) is 0.550. The van der Waals surface area contributed by atoms with Crippen LogP contribution in [0.1, 0.15) is 11.5 Å². The summed E-state index contributed by atoms with van der Waals surface area (Å²) >= 11 is 3.25. The van der Waals surface area contributed by atoms with E-state index in [-0.39, 0.29) is 29.7 Å². The number of benzene rings is 1. The van der Waals surface area contributed by atoms with Crippen LogP contribution in [0, 0.1) is 17.6 Å². The summed E-state index contributed by atoms with van der Waals surface area (Å²) in [5.41, 5.74) is 5.76. The molecular weight excluding hydrogens is 474 g/mol. The molecule has 5 rings (SSSR count). The summed E-state index contributed by atoms with van der Waals surface area (Å²) in [4.78, 5) is 21.9. The number of amides is 2. The summed E-state index contributed by atoms with van der Waals surface area (Å²) in [5, 5.41) is 0. The molecule has 2 amide bonds. The van der Waals surface area contributed by atoms with Crippen LogP contribution < -0.4 is 20.1 Å². The lowest BCUT2D eigenvalue weighted by Crippen LogP contribution is -2.39. The van der Waals surface area contributed by atoms with E-state index in [0.29, 0.717) is 16.1 Å². The normalized spacial score (nSPS) is 20.8. The van der Waals surface area contributed by atoms with Crippen LogP contribution in [0.4, 0.5) is 19.4 Å². The Bertz CT molecular complexity index is 1160. The van der Waals surface area contributed by atoms with E-state index in [1.54, 1.807) is 30.5 Å². The highest BCUT2D eigenvalue weighted by Gasteiger charge is 2.60. The van der Waals surface area contributed by atoms with E-state index < -0.39 is 29.6 Å². The number of hydrogen-bond donors (Lipinski definition) is 1. The van der Waals surface area contributed by atoms with Gasteiger partial charge in [-0.2, -0.15) is 0 Å². The first kappa shape index (κ1) is 19.7. The molecule has 1 aromatic carbocycles. The van der Waals surface area contributed by atoms with Crippen molar-refractivity contribution < 1.29 is 23.0 Å². The summed E-state index contributed by atoms with van der Waals surface area (Å²) < 4.78 is 40.3. The van der Waals surface area contributed by atoms with Gasteiger partial charge in [0.15, 0.2) is 11.6 Å². The minimum absolute atomic E-state index is 0.104. The van der Waals surface area contributed by atoms with Gasteiger partial charge in [-0.3, -0.25) is 4.90 Å². The van der Waals surface area contributed by atoms with E-state index in [4.69, 9.17) is 15.2 Å². The number of carbonyl (C=O) groups is 1. The van der Waals surface area contributed by atoms with E-state index in [2.05, 4.69) is 25.9 Å². The molecule has 1 fully saturated rings. The van der Waals surface area contributed by atoms with Crippen molar-refractivity contribution in [2.24, 2.45) is 11.7 Å². The number of nitrogens with two attached hydrogens (primary N) is 1. The average Bonchev–Trinajstić information content (AvgIpc) is 3.47. The van der Waals surface area contributed by atoms with Crippen molar-refractivity contribution in [3.8, 4) is 17.2 Å². The number of aromatic nitrogens is 2. The van der Waals surface area contributed by atoms with Crippen LogP contribution in [0.3, 0.4) is 0 Å². The predicted octanol–water partition coefficient (Wildman–Crippen LogP) is 4.37. The molecule has 1 aliphatic carbocycles. The summed E-state index contributed by atoms with van der Waals surface area (Å²) in [5.74, 6) is -0.691. The van der Waals surface area contributed by atoms with Gasteiger partial charge in [-0.1, -0.05) is 0 Å². The number of fused-ring (bicyclic) bond motifs is 3. The van der Waals surface area contributed by atoms with Crippen LogP contribution in [-0.4, -0.2) is 28.6 Å². The van der Waals surface area contributed by atoms with Gasteiger partial charge in [-0.25, -0.2) is 23.5 Å². The fourth-order valence-electron chi connectivity index (χ4n) is 4.03. The third-order valence-electron chi connectivity index (χ3n) is 5.41. The molecule has 0 unspecified atom stereocenters. The minimum Gasteiger partial charge on any atom is -0.490 e. The van der Waals surface area contributed by atoms with Crippen LogP contribution in [0.2, 0.25) is 0 Å². The topological polar surface area (TPSA) is 90.6 Å². The van der Waals surface area contributed by atoms with E-state index in [0.717, 1.165) is 12.1 Å². The lowest BCUT2D eigenvalue weighted by Gasteiger charge is -2.20. The zero-order valence-corrected chi connectivity index (χ0v) is 17.4. The molecule has 0 radical (unpaired) electrons. The number of carbonyl (C=O) groups excluding carboxylic acids is 1. The van der Waals surface area contributed by atoms with Gasteiger partial charge in [0.1, 0.15) is 27.7 Å². The first-order chi connectivity index (χ1) is 14.9. The predicted molar refractivity (Wildman–Crippen MR) is 110 cm³/mol. The standard InChI is InChI=1S/C21H15BrF2N4O3/c22-15-5-1-10(7-26-15)31-11-2-6-16(27-8-11)28(21(25)29)19-12-9-30-20-14(24)4-3-13(23)18(20)17(12)19/h1-8,12,17,19H,9H2,(H2,25,29)/t12-,17+,19+/m0/s1. The zero-order valence-electron chi connectivity index (χ0n) is 15.8. The number of ether oxygens (including phenoxy) is 2. The molecule has 158 valence electrons. The molecule has 31 heavy (non-hydrogen) atoms. The maximum absolute atomic E-state index is 14.4. The molecule has 2 aromatic heterocycles. The Labute approximate surface area is 183 Å². The molecule has 10 heteroatoms. The van der Waals surface area contributed by atoms with Gasteiger partial charge in [0.05, 0.1) is 25.0 Å². The van der Waals surface area contributed by atoms with E-state index in [1.807, 2.05) is 0 Å². The van der Waals surface area contributed by atoms with Crippen molar-refractivity contribution in [3.05, 3.63) is 70.6 Å². The number of halogens is 3. The molecule has 3 atom stereocenters. The second-order valence-corrected chi connectivity index (χ2v) is 8.05. The summed E-state index contributed by atoms with van der Waals surface area (Å²) in [6.45, 7) is 0.157. The molecule has 1 saturated carbocycles. The Balaban J connectivity index is 1.40. The largest absolute Gasteiger partial charge is 0.490 e. The number of urea groups is 1. The molecule has 0 bridgehead atoms. The van der Waals surface area contributed by atoms with Crippen molar-refractivity contribution >= 4 is 27.8 Å². The molecule has 0 saturated heterocycles. The van der Waals surface area contributed by atoms with Crippen LogP contribution in [0.5, 0.6) is 17.2 Å². The van der Waals surface area contributed by atoms with Crippen LogP contribution in [-0.2, 0) is 0 Å². The molecule has 3 aromatic rings. The Hall–Kier alpha value is -3.27.